The van der Waals surface area contributed by atoms with Gasteiger partial charge in [0, 0.05) is 6.61 Å². The van der Waals surface area contributed by atoms with Gasteiger partial charge < -0.3 is 9.84 Å². The molecule has 15 heavy (non-hydrogen) atoms. The van der Waals surface area contributed by atoms with Crippen LogP contribution in [0.4, 0.5) is 0 Å². The first-order valence-electron chi connectivity index (χ1n) is 5.64. The van der Waals surface area contributed by atoms with Crippen LogP contribution in [-0.2, 0) is 16.8 Å². The third kappa shape index (κ3) is 2.21. The summed E-state index contributed by atoms with van der Waals surface area (Å²) in [6.07, 6.45) is 2.75. The van der Waals surface area contributed by atoms with Crippen molar-refractivity contribution in [3.05, 3.63) is 35.4 Å². The Morgan fingerprint density at radius 2 is 2.33 bits per heavy atom. The molecule has 2 heteroatoms. The SMILES string of the molecule is CCc1cccc(C2(O)CCCOC2)c1. The molecule has 1 atom stereocenters. The van der Waals surface area contributed by atoms with Crippen molar-refractivity contribution in [3.8, 4) is 0 Å². The number of benzene rings is 1. The van der Waals surface area contributed by atoms with Crippen molar-refractivity contribution < 1.29 is 9.84 Å². The lowest BCUT2D eigenvalue weighted by atomic mass is 9.87. The lowest BCUT2D eigenvalue weighted by Crippen LogP contribution is -2.35. The largest absolute Gasteiger partial charge is 0.383 e. The Hall–Kier alpha value is -0.860. The minimum absolute atomic E-state index is 0.431. The van der Waals surface area contributed by atoms with Gasteiger partial charge in [-0.15, -0.1) is 0 Å². The lowest BCUT2D eigenvalue weighted by molar-refractivity contribution is -0.0903. The number of hydrogen-bond acceptors (Lipinski definition) is 2. The number of hydrogen-bond donors (Lipinski definition) is 1. The molecule has 0 spiro atoms. The second-order valence-electron chi connectivity index (χ2n) is 4.24. The zero-order valence-electron chi connectivity index (χ0n) is 9.20. The van der Waals surface area contributed by atoms with E-state index in [-0.39, 0.29) is 0 Å². The molecular formula is C13H18O2. The van der Waals surface area contributed by atoms with Gasteiger partial charge in [0.25, 0.3) is 0 Å². The zero-order valence-corrected chi connectivity index (χ0v) is 9.20. The van der Waals surface area contributed by atoms with E-state index in [2.05, 4.69) is 19.1 Å². The topological polar surface area (TPSA) is 29.5 Å². The van der Waals surface area contributed by atoms with E-state index < -0.39 is 5.60 Å². The maximum atomic E-state index is 10.4. The molecule has 1 N–H and O–H groups in total. The van der Waals surface area contributed by atoms with Crippen molar-refractivity contribution in [2.24, 2.45) is 0 Å². The van der Waals surface area contributed by atoms with Gasteiger partial charge >= 0.3 is 0 Å². The molecular weight excluding hydrogens is 188 g/mol. The molecule has 0 saturated carbocycles. The van der Waals surface area contributed by atoms with E-state index in [0.717, 1.165) is 31.4 Å². The van der Waals surface area contributed by atoms with Crippen molar-refractivity contribution in [2.75, 3.05) is 13.2 Å². The van der Waals surface area contributed by atoms with Crippen molar-refractivity contribution in [1.29, 1.82) is 0 Å². The van der Waals surface area contributed by atoms with Crippen LogP contribution in [0.2, 0.25) is 0 Å². The molecule has 0 amide bonds. The zero-order chi connectivity index (χ0) is 10.7. The lowest BCUT2D eigenvalue weighted by Gasteiger charge is -2.32. The summed E-state index contributed by atoms with van der Waals surface area (Å²) in [5.74, 6) is 0. The predicted octanol–water partition coefficient (Wildman–Crippen LogP) is 2.25. The van der Waals surface area contributed by atoms with Crippen molar-refractivity contribution in [2.45, 2.75) is 31.8 Å². The summed E-state index contributed by atoms with van der Waals surface area (Å²) in [6.45, 7) is 3.33. The quantitative estimate of drug-likeness (QED) is 0.804. The Balaban J connectivity index is 2.26. The predicted molar refractivity (Wildman–Crippen MR) is 59.8 cm³/mol. The Labute approximate surface area is 90.9 Å². The minimum atomic E-state index is -0.760. The number of aliphatic hydroxyl groups is 1. The smallest absolute Gasteiger partial charge is 0.113 e. The normalized spacial score (nSPS) is 26.5. The van der Waals surface area contributed by atoms with E-state index in [9.17, 15) is 5.11 Å². The van der Waals surface area contributed by atoms with Crippen LogP contribution in [-0.4, -0.2) is 18.3 Å². The first kappa shape index (κ1) is 10.7. The monoisotopic (exact) mass is 206 g/mol. The van der Waals surface area contributed by atoms with E-state index >= 15 is 0 Å². The van der Waals surface area contributed by atoms with E-state index in [4.69, 9.17) is 4.74 Å². The Kier molecular flexibility index (Phi) is 3.08. The summed E-state index contributed by atoms with van der Waals surface area (Å²) in [7, 11) is 0. The van der Waals surface area contributed by atoms with Crippen LogP contribution in [0, 0.1) is 0 Å². The molecule has 1 fully saturated rings. The van der Waals surface area contributed by atoms with Gasteiger partial charge in [0.2, 0.25) is 0 Å². The van der Waals surface area contributed by atoms with E-state index in [1.54, 1.807) is 0 Å². The van der Waals surface area contributed by atoms with Crippen LogP contribution in [0.5, 0.6) is 0 Å². The molecule has 1 aromatic carbocycles. The summed E-state index contributed by atoms with van der Waals surface area (Å²) in [5.41, 5.74) is 1.51. The van der Waals surface area contributed by atoms with Gasteiger partial charge in [-0.3, -0.25) is 0 Å². The van der Waals surface area contributed by atoms with Gasteiger partial charge in [0.15, 0.2) is 0 Å². The average molecular weight is 206 g/mol. The number of ether oxygens (including phenoxy) is 1. The molecule has 0 aliphatic carbocycles. The summed E-state index contributed by atoms with van der Waals surface area (Å²) in [5, 5.41) is 10.4. The van der Waals surface area contributed by atoms with Crippen LogP contribution in [0.15, 0.2) is 24.3 Å². The van der Waals surface area contributed by atoms with Gasteiger partial charge in [-0.25, -0.2) is 0 Å². The summed E-state index contributed by atoms with van der Waals surface area (Å²) in [6, 6.07) is 8.19. The average Bonchev–Trinajstić information content (AvgIpc) is 2.30. The second-order valence-corrected chi connectivity index (χ2v) is 4.24. The van der Waals surface area contributed by atoms with Gasteiger partial charge in [-0.1, -0.05) is 31.2 Å². The number of aryl methyl sites for hydroxylation is 1. The molecule has 82 valence electrons. The highest BCUT2D eigenvalue weighted by molar-refractivity contribution is 5.28. The maximum Gasteiger partial charge on any atom is 0.113 e. The van der Waals surface area contributed by atoms with E-state index in [1.165, 1.54) is 5.56 Å². The fraction of sp³-hybridized carbons (Fsp3) is 0.538. The van der Waals surface area contributed by atoms with Crippen molar-refractivity contribution >= 4 is 0 Å². The Morgan fingerprint density at radius 3 is 3.00 bits per heavy atom. The molecule has 1 aliphatic heterocycles. The molecule has 1 aromatic rings. The molecule has 2 rings (SSSR count). The highest BCUT2D eigenvalue weighted by Crippen LogP contribution is 2.30. The molecule has 0 bridgehead atoms. The highest BCUT2D eigenvalue weighted by Gasteiger charge is 2.31. The molecule has 1 aliphatic rings. The molecule has 2 nitrogen and oxygen atoms in total. The van der Waals surface area contributed by atoms with E-state index in [0.29, 0.717) is 6.61 Å². The fourth-order valence-electron chi connectivity index (χ4n) is 2.09. The van der Waals surface area contributed by atoms with Gasteiger partial charge in [-0.2, -0.15) is 0 Å². The van der Waals surface area contributed by atoms with Crippen LogP contribution in [0.3, 0.4) is 0 Å². The van der Waals surface area contributed by atoms with Gasteiger partial charge in [-0.05, 0) is 30.4 Å². The van der Waals surface area contributed by atoms with Gasteiger partial charge in [0.1, 0.15) is 5.60 Å². The highest BCUT2D eigenvalue weighted by atomic mass is 16.5. The first-order chi connectivity index (χ1) is 7.24. The van der Waals surface area contributed by atoms with Crippen molar-refractivity contribution in [1.82, 2.24) is 0 Å². The van der Waals surface area contributed by atoms with Crippen molar-refractivity contribution in [3.63, 3.8) is 0 Å². The molecule has 1 unspecified atom stereocenters. The van der Waals surface area contributed by atoms with Crippen LogP contribution in [0.25, 0.3) is 0 Å². The molecule has 1 heterocycles. The summed E-state index contributed by atoms with van der Waals surface area (Å²) >= 11 is 0. The third-order valence-corrected chi connectivity index (χ3v) is 3.09. The molecule has 0 aromatic heterocycles. The second kappa shape index (κ2) is 4.33. The summed E-state index contributed by atoms with van der Waals surface area (Å²) in [4.78, 5) is 0. The standard InChI is InChI=1S/C13H18O2/c1-2-11-5-3-6-12(9-11)13(14)7-4-8-15-10-13/h3,5-6,9,14H,2,4,7-8,10H2,1H3. The van der Waals surface area contributed by atoms with Crippen LogP contribution in [0.1, 0.15) is 30.9 Å². The van der Waals surface area contributed by atoms with Crippen LogP contribution < -0.4 is 0 Å². The Bertz CT molecular complexity index is 327. The minimum Gasteiger partial charge on any atom is -0.383 e. The van der Waals surface area contributed by atoms with Crippen LogP contribution >= 0.6 is 0 Å². The molecule has 1 saturated heterocycles. The Morgan fingerprint density at radius 1 is 1.47 bits per heavy atom. The third-order valence-electron chi connectivity index (χ3n) is 3.09. The van der Waals surface area contributed by atoms with E-state index in [1.807, 2.05) is 12.1 Å². The maximum absolute atomic E-state index is 10.4. The fourth-order valence-corrected chi connectivity index (χ4v) is 2.09. The number of rotatable bonds is 2. The van der Waals surface area contributed by atoms with Gasteiger partial charge in [0.05, 0.1) is 6.61 Å². The summed E-state index contributed by atoms with van der Waals surface area (Å²) < 4.78 is 5.36. The first-order valence-corrected chi connectivity index (χ1v) is 5.64. The molecule has 0 radical (unpaired) electrons.